The van der Waals surface area contributed by atoms with Gasteiger partial charge in [0, 0.05) is 4.97 Å². The summed E-state index contributed by atoms with van der Waals surface area (Å²) in [6.07, 6.45) is 0. The third-order valence-corrected chi connectivity index (χ3v) is 1.03. The Bertz CT molecular complexity index is 123. The maximum Gasteiger partial charge on any atom is 0.0999 e. The Morgan fingerprint density at radius 2 is 1.73 bits per heavy atom. The SMILES string of the molecule is [O-]/N=[N+](/[O-])N(CCO)CCO. The zero-order valence-corrected chi connectivity index (χ0v) is 5.88. The Labute approximate surface area is 63.3 Å². The molecule has 0 unspecified atom stereocenters. The van der Waals surface area contributed by atoms with Crippen LogP contribution in [0.2, 0.25) is 0 Å². The predicted molar refractivity (Wildman–Crippen MR) is 35.2 cm³/mol. The van der Waals surface area contributed by atoms with E-state index in [1.807, 2.05) is 0 Å². The van der Waals surface area contributed by atoms with Crippen LogP contribution in [0.5, 0.6) is 0 Å². The van der Waals surface area contributed by atoms with Crippen LogP contribution in [0.25, 0.3) is 0 Å². The molecule has 0 bridgehead atoms. The van der Waals surface area contributed by atoms with E-state index >= 15 is 0 Å². The highest BCUT2D eigenvalue weighted by atomic mass is 16.6. The largest absolute Gasteiger partial charge is 0.737 e. The molecule has 0 atom stereocenters. The highest BCUT2D eigenvalue weighted by Crippen LogP contribution is 1.88. The van der Waals surface area contributed by atoms with Crippen LogP contribution in [0.4, 0.5) is 0 Å². The Morgan fingerprint density at radius 1 is 1.27 bits per heavy atom. The van der Waals surface area contributed by atoms with E-state index < -0.39 is 0 Å². The third-order valence-electron chi connectivity index (χ3n) is 1.03. The van der Waals surface area contributed by atoms with Crippen LogP contribution in [-0.4, -0.2) is 46.5 Å². The van der Waals surface area contributed by atoms with Gasteiger partial charge in [0.2, 0.25) is 0 Å². The predicted octanol–water partition coefficient (Wildman–Crippen LogP) is -1.35. The summed E-state index contributed by atoms with van der Waals surface area (Å²) in [5, 5.41) is 39.8. The van der Waals surface area contributed by atoms with Gasteiger partial charge in [0.1, 0.15) is 0 Å². The molecule has 0 radical (unpaired) electrons. The second-order valence-corrected chi connectivity index (χ2v) is 1.74. The van der Waals surface area contributed by atoms with Gasteiger partial charge >= 0.3 is 0 Å². The fraction of sp³-hybridized carbons (Fsp3) is 1.00. The smallest absolute Gasteiger partial charge is 0.0999 e. The highest BCUT2D eigenvalue weighted by molar-refractivity contribution is 4.40. The summed E-state index contributed by atoms with van der Waals surface area (Å²) in [5.41, 5.74) is 0. The Morgan fingerprint density at radius 3 is 2.00 bits per heavy atom. The fourth-order valence-electron chi connectivity index (χ4n) is 0.565. The quantitative estimate of drug-likeness (QED) is 0.297. The van der Waals surface area contributed by atoms with Gasteiger partial charge in [0.15, 0.2) is 0 Å². The van der Waals surface area contributed by atoms with E-state index in [0.717, 1.165) is 5.01 Å². The summed E-state index contributed by atoms with van der Waals surface area (Å²) in [5.74, 6) is 0. The van der Waals surface area contributed by atoms with Crippen LogP contribution in [0.3, 0.4) is 0 Å². The molecule has 0 amide bonds. The summed E-state index contributed by atoms with van der Waals surface area (Å²) in [7, 11) is 0. The summed E-state index contributed by atoms with van der Waals surface area (Å²) >= 11 is 0. The van der Waals surface area contributed by atoms with Crippen molar-refractivity contribution in [1.29, 1.82) is 0 Å². The standard InChI is InChI=1S/C4H11N3O4/c8-3-1-6(2-4-9)7(11)5-10/h8-10H,1-4H2/p-1/b7-5+. The maximum atomic E-state index is 10.4. The van der Waals surface area contributed by atoms with E-state index in [1.165, 1.54) is 0 Å². The van der Waals surface area contributed by atoms with Gasteiger partial charge in [0.05, 0.1) is 26.3 Å². The zero-order chi connectivity index (χ0) is 8.69. The molecule has 0 aliphatic heterocycles. The lowest BCUT2D eigenvalue weighted by Gasteiger charge is -2.16. The number of aliphatic hydroxyl groups excluding tert-OH is 2. The molecule has 11 heavy (non-hydrogen) atoms. The molecule has 0 aromatic heterocycles. The summed E-state index contributed by atoms with van der Waals surface area (Å²) in [4.78, 5) is -0.202. The molecule has 2 N–H and O–H groups in total. The molecule has 0 saturated carbocycles. The van der Waals surface area contributed by atoms with Gasteiger partial charge in [-0.05, 0) is 5.28 Å². The molecule has 0 aliphatic carbocycles. The van der Waals surface area contributed by atoms with Crippen LogP contribution in [-0.2, 0) is 0 Å². The van der Waals surface area contributed by atoms with Gasteiger partial charge in [-0.15, -0.1) is 5.01 Å². The number of nitrogens with zero attached hydrogens (tertiary/aromatic N) is 3. The molecule has 0 saturated heterocycles. The zero-order valence-electron chi connectivity index (χ0n) is 5.88. The number of hydrazine groups is 1. The lowest BCUT2D eigenvalue weighted by atomic mass is 10.6. The minimum absolute atomic E-state index is 0.0181. The molecule has 66 valence electrons. The molecule has 0 aliphatic rings. The van der Waals surface area contributed by atoms with Gasteiger partial charge in [-0.25, -0.2) is 0 Å². The van der Waals surface area contributed by atoms with Crippen LogP contribution >= 0.6 is 0 Å². The first-order valence-corrected chi connectivity index (χ1v) is 3.03. The number of hydrogen-bond donors (Lipinski definition) is 2. The monoisotopic (exact) mass is 164 g/mol. The number of rotatable bonds is 5. The van der Waals surface area contributed by atoms with E-state index in [4.69, 9.17) is 10.2 Å². The van der Waals surface area contributed by atoms with E-state index in [1.54, 1.807) is 0 Å². The third kappa shape index (κ3) is 3.58. The molecular formula is C4H10N3O4-. The van der Waals surface area contributed by atoms with Crippen molar-refractivity contribution >= 4 is 0 Å². The molecular weight excluding hydrogens is 154 g/mol. The lowest BCUT2D eigenvalue weighted by Crippen LogP contribution is -2.35. The minimum atomic E-state index is -0.270. The molecule has 0 heterocycles. The summed E-state index contributed by atoms with van der Waals surface area (Å²) < 4.78 is 0. The van der Waals surface area contributed by atoms with Gasteiger partial charge in [-0.1, -0.05) is 0 Å². The molecule has 0 spiro atoms. The van der Waals surface area contributed by atoms with Crippen LogP contribution in [0.15, 0.2) is 5.28 Å². The minimum Gasteiger partial charge on any atom is -0.737 e. The maximum absolute atomic E-state index is 10.4. The van der Waals surface area contributed by atoms with E-state index in [2.05, 4.69) is 5.28 Å². The first-order valence-electron chi connectivity index (χ1n) is 3.03. The van der Waals surface area contributed by atoms with E-state index in [-0.39, 0.29) is 31.3 Å². The van der Waals surface area contributed by atoms with Crippen LogP contribution in [0.1, 0.15) is 0 Å². The summed E-state index contributed by atoms with van der Waals surface area (Å²) in [6, 6.07) is 0. The van der Waals surface area contributed by atoms with Crippen molar-refractivity contribution < 1.29 is 15.2 Å². The average molecular weight is 164 g/mol. The average Bonchev–Trinajstić information content (AvgIpc) is 2.03. The van der Waals surface area contributed by atoms with Crippen molar-refractivity contribution in [3.05, 3.63) is 10.4 Å². The van der Waals surface area contributed by atoms with Gasteiger partial charge in [0.25, 0.3) is 0 Å². The second kappa shape index (κ2) is 5.69. The van der Waals surface area contributed by atoms with Gasteiger partial charge < -0.3 is 20.6 Å². The fourth-order valence-corrected chi connectivity index (χ4v) is 0.565. The number of aliphatic hydroxyl groups is 2. The topological polar surface area (TPSA) is 105 Å². The van der Waals surface area contributed by atoms with Gasteiger partial charge in [-0.2, -0.15) is 0 Å². The molecule has 7 heteroatoms. The Hall–Kier alpha value is -1.08. The summed E-state index contributed by atoms with van der Waals surface area (Å²) in [6.45, 7) is -0.575. The normalized spacial score (nSPS) is 11.6. The van der Waals surface area contributed by atoms with Crippen molar-refractivity contribution in [3.63, 3.8) is 0 Å². The van der Waals surface area contributed by atoms with Crippen LogP contribution in [0, 0.1) is 10.4 Å². The Balaban J connectivity index is 3.87. The second-order valence-electron chi connectivity index (χ2n) is 1.74. The number of hydrogen-bond acceptors (Lipinski definition) is 5. The molecule has 0 rings (SSSR count). The first kappa shape index (κ1) is 9.92. The van der Waals surface area contributed by atoms with E-state index in [0.29, 0.717) is 0 Å². The molecule has 0 fully saturated rings. The Kier molecular flexibility index (Phi) is 5.13. The highest BCUT2D eigenvalue weighted by Gasteiger charge is 2.08. The van der Waals surface area contributed by atoms with Crippen molar-refractivity contribution in [2.45, 2.75) is 0 Å². The van der Waals surface area contributed by atoms with Crippen molar-refractivity contribution in [3.8, 4) is 0 Å². The van der Waals surface area contributed by atoms with Crippen LogP contribution < -0.4 is 0 Å². The molecule has 0 aromatic carbocycles. The van der Waals surface area contributed by atoms with Crippen molar-refractivity contribution in [2.75, 3.05) is 26.3 Å². The van der Waals surface area contributed by atoms with Crippen molar-refractivity contribution in [2.24, 2.45) is 5.28 Å². The molecule has 0 aromatic rings. The van der Waals surface area contributed by atoms with E-state index in [9.17, 15) is 10.4 Å². The van der Waals surface area contributed by atoms with Crippen molar-refractivity contribution in [1.82, 2.24) is 5.01 Å². The molecule has 7 nitrogen and oxygen atoms in total. The van der Waals surface area contributed by atoms with Gasteiger partial charge in [-0.3, -0.25) is 0 Å². The lowest BCUT2D eigenvalue weighted by molar-refractivity contribution is -0.691. The first-order chi connectivity index (χ1) is 5.26.